The summed E-state index contributed by atoms with van der Waals surface area (Å²) in [5, 5.41) is 2.70. The Kier molecular flexibility index (Phi) is 3.75. The molecule has 1 unspecified atom stereocenters. The van der Waals surface area contributed by atoms with Crippen LogP contribution in [0.4, 0.5) is 0 Å². The molecular weight excluding hydrogens is 216 g/mol. The van der Waals surface area contributed by atoms with Crippen molar-refractivity contribution in [3.8, 4) is 0 Å². The first-order valence-electron chi connectivity index (χ1n) is 6.92. The summed E-state index contributed by atoms with van der Waals surface area (Å²) in [5.41, 5.74) is 1.89. The van der Waals surface area contributed by atoms with Crippen LogP contribution in [0.2, 0.25) is 0 Å². The van der Waals surface area contributed by atoms with Crippen molar-refractivity contribution in [2.24, 2.45) is 11.3 Å². The van der Waals surface area contributed by atoms with Gasteiger partial charge in [0.25, 0.3) is 0 Å². The van der Waals surface area contributed by atoms with Crippen LogP contribution < -0.4 is 0 Å². The zero-order valence-corrected chi connectivity index (χ0v) is 12.0. The van der Waals surface area contributed by atoms with E-state index in [0.717, 1.165) is 5.92 Å². The van der Waals surface area contributed by atoms with Crippen molar-refractivity contribution in [3.05, 3.63) is 48.0 Å². The monoisotopic (exact) mass is 240 g/mol. The fourth-order valence-corrected chi connectivity index (χ4v) is 2.89. The van der Waals surface area contributed by atoms with E-state index in [9.17, 15) is 0 Å². The van der Waals surface area contributed by atoms with Gasteiger partial charge < -0.3 is 0 Å². The van der Waals surface area contributed by atoms with Crippen LogP contribution in [0, 0.1) is 11.3 Å². The van der Waals surface area contributed by atoms with E-state index >= 15 is 0 Å². The number of hydrogen-bond acceptors (Lipinski definition) is 0. The zero-order valence-electron chi connectivity index (χ0n) is 12.0. The minimum absolute atomic E-state index is 0.427. The second-order valence-corrected chi connectivity index (χ2v) is 6.76. The quantitative estimate of drug-likeness (QED) is 0.668. The summed E-state index contributed by atoms with van der Waals surface area (Å²) in [6.45, 7) is 9.33. The molecule has 0 saturated carbocycles. The maximum absolute atomic E-state index is 2.36. The van der Waals surface area contributed by atoms with Gasteiger partial charge in [0.15, 0.2) is 0 Å². The molecule has 18 heavy (non-hydrogen) atoms. The second-order valence-electron chi connectivity index (χ2n) is 6.76. The summed E-state index contributed by atoms with van der Waals surface area (Å²) in [4.78, 5) is 0. The molecule has 0 N–H and O–H groups in total. The van der Waals surface area contributed by atoms with Gasteiger partial charge in [-0.15, -0.1) is 0 Å². The second kappa shape index (κ2) is 5.14. The molecule has 0 aromatic heterocycles. The smallest absolute Gasteiger partial charge is 0.0181 e. The highest BCUT2D eigenvalue weighted by atomic mass is 14.2. The fraction of sp³-hybridized carbons (Fsp3) is 0.444. The van der Waals surface area contributed by atoms with Gasteiger partial charge in [0.1, 0.15) is 0 Å². The molecule has 0 radical (unpaired) electrons. The van der Waals surface area contributed by atoms with Crippen molar-refractivity contribution in [2.45, 2.75) is 40.5 Å². The topological polar surface area (TPSA) is 0 Å². The van der Waals surface area contributed by atoms with Crippen molar-refractivity contribution in [2.75, 3.05) is 0 Å². The lowest BCUT2D eigenvalue weighted by atomic mass is 9.83. The molecular formula is C18H24. The molecule has 0 amide bonds. The molecule has 2 aromatic carbocycles. The number of fused-ring (bicyclic) bond motifs is 1. The Morgan fingerprint density at radius 3 is 2.28 bits per heavy atom. The molecule has 0 aliphatic rings. The summed E-state index contributed by atoms with van der Waals surface area (Å²) in [6, 6.07) is 15.5. The Morgan fingerprint density at radius 1 is 0.944 bits per heavy atom. The van der Waals surface area contributed by atoms with Gasteiger partial charge in [-0.1, -0.05) is 70.2 Å². The lowest BCUT2D eigenvalue weighted by Crippen LogP contribution is -2.12. The molecule has 0 spiro atoms. The lowest BCUT2D eigenvalue weighted by molar-refractivity contribution is 0.306. The molecule has 0 nitrogen and oxygen atoms in total. The first-order valence-corrected chi connectivity index (χ1v) is 6.92. The van der Waals surface area contributed by atoms with Gasteiger partial charge in [-0.25, -0.2) is 0 Å². The maximum atomic E-state index is 2.36. The molecule has 0 aliphatic carbocycles. The van der Waals surface area contributed by atoms with Gasteiger partial charge in [0, 0.05) is 0 Å². The standard InChI is InChI=1S/C18H24/c1-14(13-18(2,3)4)11-15-9-10-16-7-5-6-8-17(16)12-15/h5-10,12,14H,11,13H2,1-4H3. The summed E-state index contributed by atoms with van der Waals surface area (Å²) in [7, 11) is 0. The van der Waals surface area contributed by atoms with Gasteiger partial charge in [-0.2, -0.15) is 0 Å². The zero-order chi connectivity index (χ0) is 13.2. The molecule has 96 valence electrons. The third-order valence-electron chi connectivity index (χ3n) is 3.36. The van der Waals surface area contributed by atoms with Gasteiger partial charge in [-0.05, 0) is 40.5 Å². The van der Waals surface area contributed by atoms with Crippen LogP contribution in [0.1, 0.15) is 39.7 Å². The van der Waals surface area contributed by atoms with Gasteiger partial charge in [0.2, 0.25) is 0 Å². The van der Waals surface area contributed by atoms with E-state index in [0.29, 0.717) is 5.41 Å². The third-order valence-corrected chi connectivity index (χ3v) is 3.36. The molecule has 2 aromatic rings. The van der Waals surface area contributed by atoms with Crippen LogP contribution in [-0.2, 0) is 6.42 Å². The molecule has 0 bridgehead atoms. The third kappa shape index (κ3) is 3.60. The first kappa shape index (κ1) is 13.1. The summed E-state index contributed by atoms with van der Waals surface area (Å²) in [5.74, 6) is 0.742. The Labute approximate surface area is 111 Å². The van der Waals surface area contributed by atoms with Crippen molar-refractivity contribution in [1.82, 2.24) is 0 Å². The number of benzene rings is 2. The minimum atomic E-state index is 0.427. The summed E-state index contributed by atoms with van der Waals surface area (Å²) >= 11 is 0. The number of hydrogen-bond donors (Lipinski definition) is 0. The van der Waals surface area contributed by atoms with Crippen molar-refractivity contribution in [3.63, 3.8) is 0 Å². The van der Waals surface area contributed by atoms with Crippen molar-refractivity contribution in [1.29, 1.82) is 0 Å². The van der Waals surface area contributed by atoms with E-state index in [1.165, 1.54) is 29.2 Å². The van der Waals surface area contributed by atoms with Crippen LogP contribution in [0.15, 0.2) is 42.5 Å². The Balaban J connectivity index is 2.12. The van der Waals surface area contributed by atoms with E-state index < -0.39 is 0 Å². The lowest BCUT2D eigenvalue weighted by Gasteiger charge is -2.23. The normalized spacial score (nSPS) is 13.8. The van der Waals surface area contributed by atoms with E-state index in [2.05, 4.69) is 70.2 Å². The van der Waals surface area contributed by atoms with Gasteiger partial charge in [0.05, 0.1) is 0 Å². The van der Waals surface area contributed by atoms with Gasteiger partial charge in [-0.3, -0.25) is 0 Å². The van der Waals surface area contributed by atoms with Crippen molar-refractivity contribution < 1.29 is 0 Å². The number of rotatable bonds is 3. The summed E-state index contributed by atoms with van der Waals surface area (Å²) in [6.07, 6.45) is 2.46. The van der Waals surface area contributed by atoms with E-state index in [1.807, 2.05) is 0 Å². The maximum Gasteiger partial charge on any atom is -0.0181 e. The largest absolute Gasteiger partial charge is 0.0622 e. The molecule has 0 fully saturated rings. The minimum Gasteiger partial charge on any atom is -0.0622 e. The average Bonchev–Trinajstić information content (AvgIpc) is 2.26. The highest BCUT2D eigenvalue weighted by Crippen LogP contribution is 2.27. The molecule has 0 saturated heterocycles. The highest BCUT2D eigenvalue weighted by Gasteiger charge is 2.15. The molecule has 2 rings (SSSR count). The van der Waals surface area contributed by atoms with E-state index in [1.54, 1.807) is 0 Å². The first-order chi connectivity index (χ1) is 8.44. The fourth-order valence-electron chi connectivity index (χ4n) is 2.89. The molecule has 1 atom stereocenters. The summed E-state index contributed by atoms with van der Waals surface area (Å²) < 4.78 is 0. The van der Waals surface area contributed by atoms with Crippen molar-refractivity contribution >= 4 is 10.8 Å². The van der Waals surface area contributed by atoms with Crippen LogP contribution in [-0.4, -0.2) is 0 Å². The van der Waals surface area contributed by atoms with Gasteiger partial charge >= 0.3 is 0 Å². The van der Waals surface area contributed by atoms with Crippen LogP contribution >= 0.6 is 0 Å². The predicted octanol–water partition coefficient (Wildman–Crippen LogP) is 5.45. The van der Waals surface area contributed by atoms with Crippen LogP contribution in [0.3, 0.4) is 0 Å². The molecule has 0 heteroatoms. The Bertz CT molecular complexity index is 517. The van der Waals surface area contributed by atoms with E-state index in [4.69, 9.17) is 0 Å². The molecule has 0 aliphatic heterocycles. The van der Waals surface area contributed by atoms with Crippen LogP contribution in [0.25, 0.3) is 10.8 Å². The SMILES string of the molecule is CC(Cc1ccc2ccccc2c1)CC(C)(C)C. The van der Waals surface area contributed by atoms with E-state index in [-0.39, 0.29) is 0 Å². The molecule has 0 heterocycles. The highest BCUT2D eigenvalue weighted by molar-refractivity contribution is 5.82. The van der Waals surface area contributed by atoms with Crippen LogP contribution in [0.5, 0.6) is 0 Å². The predicted molar refractivity (Wildman–Crippen MR) is 80.9 cm³/mol. The Hall–Kier alpha value is -1.30. The Morgan fingerprint density at radius 2 is 1.61 bits per heavy atom. The average molecular weight is 240 g/mol.